The van der Waals surface area contributed by atoms with Crippen molar-refractivity contribution >= 4 is 23.1 Å². The van der Waals surface area contributed by atoms with E-state index in [4.69, 9.17) is 9.81 Å². The fraction of sp³-hybridized carbons (Fsp3) is 0. The molecule has 0 spiro atoms. The third-order valence-corrected chi connectivity index (χ3v) is 0.0667. The fourth-order valence-electron chi connectivity index (χ4n) is 0.0136. The van der Waals surface area contributed by atoms with Crippen molar-refractivity contribution < 1.29 is 38.8 Å². The molecule has 0 unspecified atom stereocenters. The summed E-state index contributed by atoms with van der Waals surface area (Å²) in [6.45, 7) is 0. The maximum Gasteiger partial charge on any atom is 2.00 e. The first-order valence-electron chi connectivity index (χ1n) is 0.730. The van der Waals surface area contributed by atoms with Crippen LogP contribution >= 0.6 is 0 Å². The first kappa shape index (κ1) is 15.7. The molecule has 0 aliphatic carbocycles. The number of rotatable bonds is 2. The van der Waals surface area contributed by atoms with Gasteiger partial charge in [-0.05, 0) is 0 Å². The summed E-state index contributed by atoms with van der Waals surface area (Å²) in [6, 6.07) is 0. The Bertz CT molecular complexity index is 51.0. The Morgan fingerprint density at radius 1 is 1.29 bits per heavy atom. The summed E-state index contributed by atoms with van der Waals surface area (Å²) < 4.78 is 0. The molecular formula is H3MgN2NaO3. The third kappa shape index (κ3) is 20.1. The van der Waals surface area contributed by atoms with E-state index in [0.29, 0.717) is 0 Å². The van der Waals surface area contributed by atoms with Crippen molar-refractivity contribution in [3.05, 3.63) is 9.81 Å². The Kier molecular flexibility index (Phi) is 35.5. The van der Waals surface area contributed by atoms with E-state index in [-0.39, 0.29) is 56.9 Å². The number of hydrogen-bond acceptors (Lipinski definition) is 5. The quantitative estimate of drug-likeness (QED) is 0.230. The van der Waals surface area contributed by atoms with Crippen molar-refractivity contribution in [1.29, 1.82) is 0 Å². The smallest absolute Gasteiger partial charge is 1.00 e. The molecule has 7 heteroatoms. The van der Waals surface area contributed by atoms with E-state index in [0.717, 1.165) is 0 Å². The van der Waals surface area contributed by atoms with E-state index in [2.05, 4.69) is 4.94 Å². The molecule has 0 aromatic carbocycles. The van der Waals surface area contributed by atoms with Crippen LogP contribution in [0.5, 0.6) is 0 Å². The van der Waals surface area contributed by atoms with Gasteiger partial charge in [-0.15, -0.1) is 9.81 Å². The molecule has 5 nitrogen and oxygen atoms in total. The molecule has 0 amide bonds. The van der Waals surface area contributed by atoms with E-state index in [1.807, 2.05) is 0 Å². The SMILES string of the molecule is O=NON=O.[H-].[H-].[H-].[Mg+2].[Na+]. The van der Waals surface area contributed by atoms with Crippen LogP contribution < -0.4 is 29.6 Å². The van der Waals surface area contributed by atoms with E-state index >= 15 is 0 Å². The van der Waals surface area contributed by atoms with Crippen molar-refractivity contribution in [1.82, 2.24) is 0 Å². The molecule has 0 bridgehead atoms. The molecule has 0 aliphatic rings. The van der Waals surface area contributed by atoms with Crippen LogP contribution in [0.4, 0.5) is 0 Å². The van der Waals surface area contributed by atoms with E-state index in [9.17, 15) is 0 Å². The van der Waals surface area contributed by atoms with Gasteiger partial charge in [-0.3, -0.25) is 0 Å². The van der Waals surface area contributed by atoms with Gasteiger partial charge in [0, 0.05) is 0 Å². The molecule has 0 N–H and O–H groups in total. The van der Waals surface area contributed by atoms with E-state index < -0.39 is 0 Å². The normalized spacial score (nSPS) is 4.00. The van der Waals surface area contributed by atoms with Crippen LogP contribution in [0.3, 0.4) is 0 Å². The van der Waals surface area contributed by atoms with Crippen molar-refractivity contribution in [2.75, 3.05) is 0 Å². The molecule has 0 saturated carbocycles. The summed E-state index contributed by atoms with van der Waals surface area (Å²) >= 11 is 0. The molecule has 7 heavy (non-hydrogen) atoms. The fourth-order valence-corrected chi connectivity index (χ4v) is 0.0136. The average molecular weight is 126 g/mol. The summed E-state index contributed by atoms with van der Waals surface area (Å²) in [5.74, 6) is 0. The Balaban J connectivity index is -0.00000000800. The standard InChI is InChI=1S/Mg.N2O3.Na.3H/c;3-1-5-2-4;;;;/q+2;;+1;3*-1. The second kappa shape index (κ2) is 15.9. The second-order valence-corrected chi connectivity index (χ2v) is 0.231. The zero-order valence-electron chi connectivity index (χ0n) is 6.83. The van der Waals surface area contributed by atoms with Gasteiger partial charge in [0.05, 0.1) is 0 Å². The van der Waals surface area contributed by atoms with Crippen LogP contribution in [-0.4, -0.2) is 23.1 Å². The largest absolute Gasteiger partial charge is 2.00 e. The van der Waals surface area contributed by atoms with Crippen molar-refractivity contribution in [3.63, 3.8) is 0 Å². The first-order chi connectivity index (χ1) is 2.41. The summed E-state index contributed by atoms with van der Waals surface area (Å²) in [6.07, 6.45) is 0. The monoisotopic (exact) mass is 126 g/mol. The summed E-state index contributed by atoms with van der Waals surface area (Å²) in [4.78, 5) is 20.2. The molecular weight excluding hydrogens is 123 g/mol. The zero-order chi connectivity index (χ0) is 4.12. The van der Waals surface area contributed by atoms with Gasteiger partial charge in [0.25, 0.3) is 0 Å². The Hall–Kier alpha value is 0.766. The predicted octanol–water partition coefficient (Wildman–Crippen LogP) is -2.67. The molecule has 0 radical (unpaired) electrons. The Labute approximate surface area is 81.9 Å². The van der Waals surface area contributed by atoms with Gasteiger partial charge < -0.3 is 4.28 Å². The third-order valence-electron chi connectivity index (χ3n) is 0.0667. The van der Waals surface area contributed by atoms with Gasteiger partial charge in [-0.25, -0.2) is 0 Å². The van der Waals surface area contributed by atoms with Crippen molar-refractivity contribution in [2.45, 2.75) is 0 Å². The van der Waals surface area contributed by atoms with Gasteiger partial charge in [-0.1, -0.05) is 0 Å². The second-order valence-electron chi connectivity index (χ2n) is 0.231. The minimum Gasteiger partial charge on any atom is -1.00 e. The number of nitrogens with zero attached hydrogens (tertiary/aromatic N) is 2. The van der Waals surface area contributed by atoms with E-state index in [1.54, 1.807) is 10.7 Å². The van der Waals surface area contributed by atoms with Crippen LogP contribution in [0, 0.1) is 9.81 Å². The molecule has 0 atom stereocenters. The van der Waals surface area contributed by atoms with Gasteiger partial charge >= 0.3 is 52.6 Å². The van der Waals surface area contributed by atoms with Gasteiger partial charge in [0.15, 0.2) is 10.7 Å². The van der Waals surface area contributed by atoms with Gasteiger partial charge in [0.2, 0.25) is 0 Å². The molecule has 0 heterocycles. The van der Waals surface area contributed by atoms with Gasteiger partial charge in [0.1, 0.15) is 0 Å². The maximum absolute atomic E-state index is 8.64. The molecule has 0 fully saturated rings. The zero-order valence-corrected chi connectivity index (χ0v) is 7.24. The molecule has 0 saturated heterocycles. The first-order valence-corrected chi connectivity index (χ1v) is 0.730. The van der Waals surface area contributed by atoms with Crippen LogP contribution in [0.15, 0.2) is 10.7 Å². The Morgan fingerprint density at radius 3 is 1.57 bits per heavy atom. The minimum atomic E-state index is 0. The number of hydrogen-bond donors (Lipinski definition) is 0. The summed E-state index contributed by atoms with van der Waals surface area (Å²) in [5, 5.41) is 3.25. The van der Waals surface area contributed by atoms with Crippen LogP contribution in [-0.2, 0) is 4.94 Å². The average Bonchev–Trinajstić information content (AvgIpc) is 1.41. The molecule has 0 rings (SSSR count). The van der Waals surface area contributed by atoms with E-state index in [1.165, 1.54) is 0 Å². The summed E-state index contributed by atoms with van der Waals surface area (Å²) in [5.41, 5.74) is 0. The van der Waals surface area contributed by atoms with Crippen LogP contribution in [0.2, 0.25) is 0 Å². The molecule has 34 valence electrons. The molecule has 0 aromatic rings. The minimum absolute atomic E-state index is 0. The van der Waals surface area contributed by atoms with Gasteiger partial charge in [-0.2, -0.15) is 4.94 Å². The predicted molar refractivity (Wildman–Crippen MR) is 21.8 cm³/mol. The van der Waals surface area contributed by atoms with Crippen LogP contribution in [0.25, 0.3) is 0 Å². The van der Waals surface area contributed by atoms with Crippen molar-refractivity contribution in [2.24, 2.45) is 10.7 Å². The molecule has 0 aromatic heterocycles. The topological polar surface area (TPSA) is 68.1 Å². The summed E-state index contributed by atoms with van der Waals surface area (Å²) in [7, 11) is 0. The Morgan fingerprint density at radius 2 is 1.57 bits per heavy atom. The maximum atomic E-state index is 8.64. The van der Waals surface area contributed by atoms with Crippen molar-refractivity contribution in [3.8, 4) is 0 Å². The molecule has 0 aliphatic heterocycles. The van der Waals surface area contributed by atoms with Crippen LogP contribution in [0.1, 0.15) is 4.28 Å².